The third-order valence-electron chi connectivity index (χ3n) is 6.63. The highest BCUT2D eigenvalue weighted by Crippen LogP contribution is 2.48. The molecule has 3 aromatic carbocycles. The van der Waals surface area contributed by atoms with E-state index < -0.39 is 11.4 Å². The number of nitrogens with zero attached hydrogens (tertiary/aromatic N) is 1. The van der Waals surface area contributed by atoms with Crippen LogP contribution in [0.4, 0.5) is 0 Å². The van der Waals surface area contributed by atoms with Crippen LogP contribution in [0, 0.1) is 6.92 Å². The number of aliphatic carboxylic acids is 1. The molecule has 0 bridgehead atoms. The standard InChI is InChI=1S/C29H25NO5/c1-19-25(17-26(31)34-18-20-5-3-2-4-6-20)27(35-30-19)23-9-7-21(8-10-23)22-11-13-24(14-12-22)29(15-16-29)28(32)33/h2-14H,15-18H2,1H3,(H,32,33). The van der Waals surface area contributed by atoms with Crippen molar-refractivity contribution in [2.24, 2.45) is 0 Å². The second-order valence-electron chi connectivity index (χ2n) is 8.94. The average Bonchev–Trinajstić information content (AvgIpc) is 3.63. The summed E-state index contributed by atoms with van der Waals surface area (Å²) in [6, 6.07) is 25.1. The normalized spacial score (nSPS) is 13.9. The molecule has 1 N–H and O–H groups in total. The lowest BCUT2D eigenvalue weighted by Gasteiger charge is -2.11. The predicted molar refractivity (Wildman–Crippen MR) is 131 cm³/mol. The number of hydrogen-bond donors (Lipinski definition) is 1. The minimum atomic E-state index is -0.753. The Morgan fingerprint density at radius 1 is 0.914 bits per heavy atom. The lowest BCUT2D eigenvalue weighted by Crippen LogP contribution is -2.19. The van der Waals surface area contributed by atoms with E-state index in [4.69, 9.17) is 9.26 Å². The fourth-order valence-electron chi connectivity index (χ4n) is 4.30. The number of ether oxygens (including phenoxy) is 1. The average molecular weight is 468 g/mol. The van der Waals surface area contributed by atoms with E-state index in [1.165, 1.54) is 0 Å². The number of carboxylic acid groups (broad SMARTS) is 1. The van der Waals surface area contributed by atoms with Crippen molar-refractivity contribution in [2.75, 3.05) is 0 Å². The Morgan fingerprint density at radius 3 is 2.11 bits per heavy atom. The Balaban J connectivity index is 1.29. The molecule has 0 radical (unpaired) electrons. The number of carbonyl (C=O) groups excluding carboxylic acids is 1. The van der Waals surface area contributed by atoms with Crippen LogP contribution >= 0.6 is 0 Å². The maximum absolute atomic E-state index is 12.5. The number of carbonyl (C=O) groups is 2. The zero-order valence-corrected chi connectivity index (χ0v) is 19.4. The lowest BCUT2D eigenvalue weighted by molar-refractivity contribution is -0.144. The van der Waals surface area contributed by atoms with E-state index in [9.17, 15) is 14.7 Å². The van der Waals surface area contributed by atoms with E-state index in [1.54, 1.807) is 0 Å². The van der Waals surface area contributed by atoms with Crippen LogP contribution in [0.2, 0.25) is 0 Å². The largest absolute Gasteiger partial charge is 0.481 e. The summed E-state index contributed by atoms with van der Waals surface area (Å²) in [4.78, 5) is 24.0. The molecule has 0 unspecified atom stereocenters. The molecule has 0 atom stereocenters. The molecule has 1 aliphatic carbocycles. The quantitative estimate of drug-likeness (QED) is 0.334. The summed E-state index contributed by atoms with van der Waals surface area (Å²) in [5, 5.41) is 13.6. The number of rotatable bonds is 8. The minimum absolute atomic E-state index is 0.0754. The van der Waals surface area contributed by atoms with Crippen LogP contribution in [0.5, 0.6) is 0 Å². The van der Waals surface area contributed by atoms with Crippen LogP contribution in [0.1, 0.15) is 35.2 Å². The van der Waals surface area contributed by atoms with E-state index >= 15 is 0 Å². The molecule has 1 saturated carbocycles. The number of carboxylic acids is 1. The van der Waals surface area contributed by atoms with Crippen molar-refractivity contribution in [2.45, 2.75) is 38.2 Å². The van der Waals surface area contributed by atoms with Gasteiger partial charge in [0.1, 0.15) is 6.61 Å². The number of esters is 1. The molecule has 1 aromatic heterocycles. The van der Waals surface area contributed by atoms with Crippen LogP contribution in [0.25, 0.3) is 22.5 Å². The van der Waals surface area contributed by atoms with Crippen LogP contribution in [-0.4, -0.2) is 22.2 Å². The topological polar surface area (TPSA) is 89.6 Å². The third-order valence-corrected chi connectivity index (χ3v) is 6.63. The van der Waals surface area contributed by atoms with Crippen LogP contribution in [-0.2, 0) is 32.8 Å². The molecule has 1 aliphatic rings. The van der Waals surface area contributed by atoms with Gasteiger partial charge in [-0.2, -0.15) is 0 Å². The van der Waals surface area contributed by atoms with Crippen molar-refractivity contribution in [3.8, 4) is 22.5 Å². The van der Waals surface area contributed by atoms with Crippen molar-refractivity contribution in [1.29, 1.82) is 0 Å². The molecule has 4 aromatic rings. The van der Waals surface area contributed by atoms with Gasteiger partial charge in [-0.1, -0.05) is 84.0 Å². The Labute approximate surface area is 203 Å². The van der Waals surface area contributed by atoms with Gasteiger partial charge >= 0.3 is 11.9 Å². The fourth-order valence-corrected chi connectivity index (χ4v) is 4.30. The number of aryl methyl sites for hydroxylation is 1. The smallest absolute Gasteiger partial charge is 0.314 e. The predicted octanol–water partition coefficient (Wildman–Crippen LogP) is 5.72. The van der Waals surface area contributed by atoms with Crippen molar-refractivity contribution in [3.63, 3.8) is 0 Å². The molecule has 6 heteroatoms. The van der Waals surface area contributed by atoms with Crippen molar-refractivity contribution in [1.82, 2.24) is 5.16 Å². The van der Waals surface area contributed by atoms with Gasteiger partial charge in [0.05, 0.1) is 17.5 Å². The molecule has 6 nitrogen and oxygen atoms in total. The first-order valence-electron chi connectivity index (χ1n) is 11.6. The van der Waals surface area contributed by atoms with E-state index in [0.29, 0.717) is 29.9 Å². The molecule has 35 heavy (non-hydrogen) atoms. The summed E-state index contributed by atoms with van der Waals surface area (Å²) in [6.45, 7) is 2.03. The summed E-state index contributed by atoms with van der Waals surface area (Å²) in [5.41, 5.74) is 5.27. The van der Waals surface area contributed by atoms with Gasteiger partial charge in [-0.3, -0.25) is 9.59 Å². The molecule has 0 saturated heterocycles. The van der Waals surface area contributed by atoms with Crippen LogP contribution in [0.15, 0.2) is 83.4 Å². The maximum atomic E-state index is 12.5. The molecular formula is C29H25NO5. The zero-order valence-electron chi connectivity index (χ0n) is 19.4. The highest BCUT2D eigenvalue weighted by atomic mass is 16.5. The first-order valence-corrected chi connectivity index (χ1v) is 11.6. The van der Waals surface area contributed by atoms with E-state index in [2.05, 4.69) is 5.16 Å². The molecule has 0 aliphatic heterocycles. The zero-order chi connectivity index (χ0) is 24.4. The summed E-state index contributed by atoms with van der Waals surface area (Å²) >= 11 is 0. The molecule has 0 spiro atoms. The molecule has 5 rings (SSSR count). The Morgan fingerprint density at radius 2 is 1.51 bits per heavy atom. The van der Waals surface area contributed by atoms with Gasteiger partial charge in [0.25, 0.3) is 0 Å². The van der Waals surface area contributed by atoms with E-state index in [-0.39, 0.29) is 19.0 Å². The van der Waals surface area contributed by atoms with Crippen LogP contribution in [0.3, 0.4) is 0 Å². The molecule has 1 heterocycles. The van der Waals surface area contributed by atoms with Crippen molar-refractivity contribution in [3.05, 3.63) is 101 Å². The van der Waals surface area contributed by atoms with Gasteiger partial charge in [0.15, 0.2) is 5.76 Å². The summed E-state index contributed by atoms with van der Waals surface area (Å²) < 4.78 is 11.0. The van der Waals surface area contributed by atoms with Crippen molar-refractivity contribution >= 4 is 11.9 Å². The number of benzene rings is 3. The Kier molecular flexibility index (Phi) is 5.95. The van der Waals surface area contributed by atoms with Crippen LogP contribution < -0.4 is 0 Å². The molecule has 176 valence electrons. The highest BCUT2D eigenvalue weighted by Gasteiger charge is 2.51. The lowest BCUT2D eigenvalue weighted by atomic mass is 9.93. The summed E-state index contributed by atoms with van der Waals surface area (Å²) in [5.74, 6) is -0.539. The summed E-state index contributed by atoms with van der Waals surface area (Å²) in [7, 11) is 0. The molecule has 0 amide bonds. The third kappa shape index (κ3) is 4.60. The van der Waals surface area contributed by atoms with Gasteiger partial charge in [-0.05, 0) is 42.0 Å². The highest BCUT2D eigenvalue weighted by molar-refractivity contribution is 5.85. The number of aromatic nitrogens is 1. The van der Waals surface area contributed by atoms with Gasteiger partial charge in [-0.25, -0.2) is 0 Å². The van der Waals surface area contributed by atoms with Gasteiger partial charge in [0, 0.05) is 11.1 Å². The maximum Gasteiger partial charge on any atom is 0.314 e. The second-order valence-corrected chi connectivity index (χ2v) is 8.94. The Hall–Kier alpha value is -4.19. The van der Waals surface area contributed by atoms with Gasteiger partial charge in [0.2, 0.25) is 0 Å². The van der Waals surface area contributed by atoms with E-state index in [1.807, 2.05) is 85.8 Å². The number of hydrogen-bond acceptors (Lipinski definition) is 5. The van der Waals surface area contributed by atoms with Crippen molar-refractivity contribution < 1.29 is 24.0 Å². The van der Waals surface area contributed by atoms with Gasteiger partial charge in [-0.15, -0.1) is 0 Å². The minimum Gasteiger partial charge on any atom is -0.481 e. The first-order chi connectivity index (χ1) is 17.0. The molecular weight excluding hydrogens is 442 g/mol. The fraction of sp³-hybridized carbons (Fsp3) is 0.207. The molecule has 1 fully saturated rings. The van der Waals surface area contributed by atoms with Gasteiger partial charge < -0.3 is 14.4 Å². The monoisotopic (exact) mass is 467 g/mol. The SMILES string of the molecule is Cc1noc(-c2ccc(-c3ccc(C4(C(=O)O)CC4)cc3)cc2)c1CC(=O)OCc1ccccc1. The summed E-state index contributed by atoms with van der Waals surface area (Å²) in [6.07, 6.45) is 1.45. The Bertz CT molecular complexity index is 1350. The second kappa shape index (κ2) is 9.22. The van der Waals surface area contributed by atoms with E-state index in [0.717, 1.165) is 27.8 Å². The first kappa shape index (κ1) is 22.6.